The lowest BCUT2D eigenvalue weighted by Crippen LogP contribution is -2.42. The molecule has 0 bridgehead atoms. The predicted octanol–water partition coefficient (Wildman–Crippen LogP) is 1.76. The van der Waals surface area contributed by atoms with Crippen LogP contribution in [-0.4, -0.2) is 22.1 Å². The maximum atomic E-state index is 12.0. The van der Waals surface area contributed by atoms with E-state index in [4.69, 9.17) is 5.73 Å². The molecule has 1 aromatic heterocycles. The van der Waals surface area contributed by atoms with Gasteiger partial charge >= 0.3 is 0 Å². The molecule has 2 atom stereocenters. The van der Waals surface area contributed by atoms with E-state index in [0.29, 0.717) is 17.4 Å². The van der Waals surface area contributed by atoms with Crippen LogP contribution < -0.4 is 11.1 Å². The molecule has 1 aromatic rings. The molecule has 2 unspecified atom stereocenters. The fraction of sp³-hybridized carbons (Fsp3) is 0.615. The third-order valence-electron chi connectivity index (χ3n) is 3.67. The highest BCUT2D eigenvalue weighted by atomic mass is 16.2. The summed E-state index contributed by atoms with van der Waals surface area (Å²) in [6.45, 7) is 2.18. The van der Waals surface area contributed by atoms with Gasteiger partial charge in [-0.05, 0) is 30.9 Å². The van der Waals surface area contributed by atoms with Crippen LogP contribution in [0.3, 0.4) is 0 Å². The first-order valence-electron chi connectivity index (χ1n) is 6.60. The Morgan fingerprint density at radius 3 is 2.83 bits per heavy atom. The molecule has 2 rings (SSSR count). The zero-order chi connectivity index (χ0) is 13.0. The molecule has 5 nitrogen and oxygen atoms in total. The molecule has 1 amide bonds. The fourth-order valence-electron chi connectivity index (χ4n) is 2.59. The van der Waals surface area contributed by atoms with E-state index in [1.54, 1.807) is 12.1 Å². The SMILES string of the molecule is CCC1CCCCC1NC(=O)c1ccc(N)nn1. The minimum atomic E-state index is -0.146. The molecule has 0 radical (unpaired) electrons. The topological polar surface area (TPSA) is 80.9 Å². The van der Waals surface area contributed by atoms with Crippen molar-refractivity contribution in [2.24, 2.45) is 5.92 Å². The quantitative estimate of drug-likeness (QED) is 0.854. The second kappa shape index (κ2) is 5.80. The van der Waals surface area contributed by atoms with Gasteiger partial charge in [0.25, 0.3) is 5.91 Å². The smallest absolute Gasteiger partial charge is 0.272 e. The molecule has 18 heavy (non-hydrogen) atoms. The Hall–Kier alpha value is -1.65. The maximum absolute atomic E-state index is 12.0. The lowest BCUT2D eigenvalue weighted by molar-refractivity contribution is 0.0898. The maximum Gasteiger partial charge on any atom is 0.272 e. The third-order valence-corrected chi connectivity index (χ3v) is 3.67. The van der Waals surface area contributed by atoms with Crippen molar-refractivity contribution in [3.8, 4) is 0 Å². The Morgan fingerprint density at radius 2 is 2.17 bits per heavy atom. The predicted molar refractivity (Wildman–Crippen MR) is 69.9 cm³/mol. The first-order valence-corrected chi connectivity index (χ1v) is 6.60. The zero-order valence-corrected chi connectivity index (χ0v) is 10.7. The molecule has 0 aromatic carbocycles. The van der Waals surface area contributed by atoms with Gasteiger partial charge < -0.3 is 11.1 Å². The number of hydrogen-bond donors (Lipinski definition) is 2. The molecule has 5 heteroatoms. The molecule has 1 heterocycles. The van der Waals surface area contributed by atoms with Gasteiger partial charge in [-0.3, -0.25) is 4.79 Å². The Morgan fingerprint density at radius 1 is 1.39 bits per heavy atom. The Kier molecular flexibility index (Phi) is 4.12. The summed E-state index contributed by atoms with van der Waals surface area (Å²) >= 11 is 0. The molecular weight excluding hydrogens is 228 g/mol. The third kappa shape index (κ3) is 2.97. The summed E-state index contributed by atoms with van der Waals surface area (Å²) in [6, 6.07) is 3.48. The van der Waals surface area contributed by atoms with Crippen molar-refractivity contribution in [1.29, 1.82) is 0 Å². The Balaban J connectivity index is 1.99. The molecule has 1 aliphatic rings. The van der Waals surface area contributed by atoms with Gasteiger partial charge in [0.05, 0.1) is 0 Å². The van der Waals surface area contributed by atoms with Crippen LogP contribution in [0.4, 0.5) is 5.82 Å². The molecule has 1 saturated carbocycles. The standard InChI is InChI=1S/C13H20N4O/c1-2-9-5-3-4-6-10(9)15-13(18)11-7-8-12(14)17-16-11/h7-10H,2-6H2,1H3,(H2,14,17)(H,15,18). The highest BCUT2D eigenvalue weighted by molar-refractivity contribution is 5.92. The van der Waals surface area contributed by atoms with Crippen LogP contribution in [0.1, 0.15) is 49.5 Å². The van der Waals surface area contributed by atoms with Crippen LogP contribution in [0.25, 0.3) is 0 Å². The fourth-order valence-corrected chi connectivity index (χ4v) is 2.59. The van der Waals surface area contributed by atoms with Gasteiger partial charge in [-0.1, -0.05) is 26.2 Å². The van der Waals surface area contributed by atoms with E-state index in [2.05, 4.69) is 22.4 Å². The number of anilines is 1. The van der Waals surface area contributed by atoms with Gasteiger partial charge in [-0.15, -0.1) is 10.2 Å². The van der Waals surface area contributed by atoms with E-state index in [1.165, 1.54) is 19.3 Å². The minimum Gasteiger partial charge on any atom is -0.382 e. The normalized spacial score (nSPS) is 23.6. The first kappa shape index (κ1) is 12.8. The van der Waals surface area contributed by atoms with Crippen LogP contribution in [-0.2, 0) is 0 Å². The summed E-state index contributed by atoms with van der Waals surface area (Å²) in [7, 11) is 0. The van der Waals surface area contributed by atoms with Crippen LogP contribution in [0, 0.1) is 5.92 Å². The summed E-state index contributed by atoms with van der Waals surface area (Å²) in [5.74, 6) is 0.771. The number of rotatable bonds is 3. The monoisotopic (exact) mass is 248 g/mol. The van der Waals surface area contributed by atoms with Crippen molar-refractivity contribution in [3.63, 3.8) is 0 Å². The van der Waals surface area contributed by atoms with E-state index in [0.717, 1.165) is 12.8 Å². The second-order valence-corrected chi connectivity index (χ2v) is 4.88. The summed E-state index contributed by atoms with van der Waals surface area (Å²) in [4.78, 5) is 12.0. The van der Waals surface area contributed by atoms with Gasteiger partial charge in [-0.25, -0.2) is 0 Å². The average Bonchev–Trinajstić information content (AvgIpc) is 2.40. The molecule has 0 saturated heterocycles. The van der Waals surface area contributed by atoms with Gasteiger partial charge in [0.1, 0.15) is 5.82 Å². The highest BCUT2D eigenvalue weighted by Gasteiger charge is 2.25. The van der Waals surface area contributed by atoms with E-state index in [-0.39, 0.29) is 11.9 Å². The lowest BCUT2D eigenvalue weighted by Gasteiger charge is -2.31. The number of nitrogens with two attached hydrogens (primary N) is 1. The van der Waals surface area contributed by atoms with E-state index < -0.39 is 0 Å². The molecule has 98 valence electrons. The summed E-state index contributed by atoms with van der Waals surface area (Å²) in [5, 5.41) is 10.6. The largest absolute Gasteiger partial charge is 0.382 e. The number of hydrogen-bond acceptors (Lipinski definition) is 4. The zero-order valence-electron chi connectivity index (χ0n) is 10.7. The highest BCUT2D eigenvalue weighted by Crippen LogP contribution is 2.26. The van der Waals surface area contributed by atoms with E-state index >= 15 is 0 Å². The molecule has 1 aliphatic carbocycles. The van der Waals surface area contributed by atoms with Crippen molar-refractivity contribution < 1.29 is 4.79 Å². The number of nitrogens with zero attached hydrogens (tertiary/aromatic N) is 2. The van der Waals surface area contributed by atoms with Crippen LogP contribution in [0.5, 0.6) is 0 Å². The van der Waals surface area contributed by atoms with Gasteiger partial charge in [0.15, 0.2) is 5.69 Å². The molecule has 0 spiro atoms. The van der Waals surface area contributed by atoms with Gasteiger partial charge in [-0.2, -0.15) is 0 Å². The minimum absolute atomic E-state index is 0.146. The molecule has 1 fully saturated rings. The second-order valence-electron chi connectivity index (χ2n) is 4.88. The van der Waals surface area contributed by atoms with Crippen molar-refractivity contribution in [2.45, 2.75) is 45.1 Å². The summed E-state index contributed by atoms with van der Waals surface area (Å²) in [6.07, 6.45) is 5.83. The van der Waals surface area contributed by atoms with Crippen LogP contribution in [0.15, 0.2) is 12.1 Å². The van der Waals surface area contributed by atoms with Gasteiger partial charge in [0, 0.05) is 6.04 Å². The Bertz CT molecular complexity index is 404. The van der Waals surface area contributed by atoms with Crippen LogP contribution >= 0.6 is 0 Å². The van der Waals surface area contributed by atoms with Crippen molar-refractivity contribution >= 4 is 11.7 Å². The van der Waals surface area contributed by atoms with Crippen molar-refractivity contribution in [3.05, 3.63) is 17.8 Å². The number of carbonyl (C=O) groups excluding carboxylic acids is 1. The van der Waals surface area contributed by atoms with Crippen LogP contribution in [0.2, 0.25) is 0 Å². The number of nitrogens with one attached hydrogen (secondary N) is 1. The lowest BCUT2D eigenvalue weighted by atomic mass is 9.83. The molecule has 3 N–H and O–H groups in total. The van der Waals surface area contributed by atoms with E-state index in [1.807, 2.05) is 0 Å². The molecular formula is C13H20N4O. The number of nitrogen functional groups attached to an aromatic ring is 1. The number of aromatic nitrogens is 2. The van der Waals surface area contributed by atoms with Crippen molar-refractivity contribution in [2.75, 3.05) is 5.73 Å². The average molecular weight is 248 g/mol. The Labute approximate surface area is 107 Å². The van der Waals surface area contributed by atoms with E-state index in [9.17, 15) is 4.79 Å². The number of carbonyl (C=O) groups is 1. The summed E-state index contributed by atoms with van der Waals surface area (Å²) < 4.78 is 0. The first-order chi connectivity index (χ1) is 8.70. The van der Waals surface area contributed by atoms with Crippen molar-refractivity contribution in [1.82, 2.24) is 15.5 Å². The summed E-state index contributed by atoms with van der Waals surface area (Å²) in [5.41, 5.74) is 5.79. The number of amides is 1. The van der Waals surface area contributed by atoms with Gasteiger partial charge in [0.2, 0.25) is 0 Å². The molecule has 0 aliphatic heterocycles.